The monoisotopic (exact) mass is 342 g/mol. The maximum absolute atomic E-state index is 12.8. The summed E-state index contributed by atoms with van der Waals surface area (Å²) < 4.78 is 36.7. The summed E-state index contributed by atoms with van der Waals surface area (Å²) in [5.41, 5.74) is 0.0983. The number of carbonyl (C=O) groups excluding carboxylic acids is 1. The fraction of sp³-hybridized carbons (Fsp3) is 0.533. The zero-order valence-corrected chi connectivity index (χ0v) is 14.4. The summed E-state index contributed by atoms with van der Waals surface area (Å²) in [5, 5.41) is 3.16. The Bertz CT molecular complexity index is 666. The topological polar surface area (TPSA) is 84.9 Å². The van der Waals surface area contributed by atoms with E-state index in [1.54, 1.807) is 0 Å². The Balaban J connectivity index is 2.31. The molecule has 7 nitrogen and oxygen atoms in total. The molecule has 1 aromatic rings. The molecular weight excluding hydrogens is 320 g/mol. The fourth-order valence-corrected chi connectivity index (χ4v) is 4.15. The van der Waals surface area contributed by atoms with Gasteiger partial charge in [0.15, 0.2) is 0 Å². The van der Waals surface area contributed by atoms with Crippen LogP contribution in [0.15, 0.2) is 23.1 Å². The van der Waals surface area contributed by atoms with Gasteiger partial charge in [-0.2, -0.15) is 4.31 Å². The summed E-state index contributed by atoms with van der Waals surface area (Å²) in [6.07, 6.45) is 1.52. The summed E-state index contributed by atoms with van der Waals surface area (Å²) in [4.78, 5) is 11.9. The van der Waals surface area contributed by atoms with Gasteiger partial charge in [0.05, 0.1) is 19.1 Å². The standard InChI is InChI=1S/C15H22N2O5S/c1-16-11-6-8-17(9-7-11)23(19,20)12-4-5-14(21-2)13(10-12)15(18)22-3/h4-5,10-11,16H,6-9H2,1-3H3. The lowest BCUT2D eigenvalue weighted by molar-refractivity contribution is 0.0597. The number of sulfonamides is 1. The summed E-state index contributed by atoms with van der Waals surface area (Å²) in [5.74, 6) is -0.350. The highest BCUT2D eigenvalue weighted by Crippen LogP contribution is 2.26. The first-order chi connectivity index (χ1) is 10.9. The van der Waals surface area contributed by atoms with Crippen LogP contribution in [0.2, 0.25) is 0 Å². The van der Waals surface area contributed by atoms with Crippen LogP contribution in [0.1, 0.15) is 23.2 Å². The molecule has 0 bridgehead atoms. The van der Waals surface area contributed by atoms with Crippen LogP contribution in [0.25, 0.3) is 0 Å². The lowest BCUT2D eigenvalue weighted by atomic mass is 10.1. The second-order valence-corrected chi connectivity index (χ2v) is 7.26. The van der Waals surface area contributed by atoms with Crippen LogP contribution >= 0.6 is 0 Å². The van der Waals surface area contributed by atoms with Crippen molar-refractivity contribution in [2.45, 2.75) is 23.8 Å². The van der Waals surface area contributed by atoms with Gasteiger partial charge in [-0.1, -0.05) is 0 Å². The molecule has 1 aliphatic heterocycles. The highest BCUT2D eigenvalue weighted by molar-refractivity contribution is 7.89. The molecule has 23 heavy (non-hydrogen) atoms. The van der Waals surface area contributed by atoms with E-state index < -0.39 is 16.0 Å². The summed E-state index contributed by atoms with van der Waals surface area (Å²) >= 11 is 0. The second kappa shape index (κ2) is 7.29. The van der Waals surface area contributed by atoms with Crippen molar-refractivity contribution in [3.05, 3.63) is 23.8 Å². The molecule has 1 fully saturated rings. The molecule has 0 spiro atoms. The van der Waals surface area contributed by atoms with Gasteiger partial charge in [0, 0.05) is 19.1 Å². The third kappa shape index (κ3) is 3.65. The molecule has 1 aromatic carbocycles. The van der Waals surface area contributed by atoms with Gasteiger partial charge in [-0.05, 0) is 38.1 Å². The van der Waals surface area contributed by atoms with Crippen LogP contribution < -0.4 is 10.1 Å². The molecule has 0 unspecified atom stereocenters. The van der Waals surface area contributed by atoms with Crippen molar-refractivity contribution in [2.24, 2.45) is 0 Å². The van der Waals surface area contributed by atoms with E-state index in [2.05, 4.69) is 10.1 Å². The zero-order chi connectivity index (χ0) is 17.0. The number of benzene rings is 1. The first kappa shape index (κ1) is 17.7. The van der Waals surface area contributed by atoms with E-state index in [9.17, 15) is 13.2 Å². The van der Waals surface area contributed by atoms with E-state index in [1.165, 1.54) is 36.7 Å². The Hall–Kier alpha value is -1.64. The molecular formula is C15H22N2O5S. The van der Waals surface area contributed by atoms with Gasteiger partial charge in [0.2, 0.25) is 10.0 Å². The van der Waals surface area contributed by atoms with Crippen LogP contribution in [-0.4, -0.2) is 59.1 Å². The van der Waals surface area contributed by atoms with Crippen LogP contribution in [0.5, 0.6) is 5.75 Å². The number of carbonyl (C=O) groups is 1. The molecule has 0 aliphatic carbocycles. The minimum Gasteiger partial charge on any atom is -0.496 e. The minimum atomic E-state index is -3.64. The number of methoxy groups -OCH3 is 2. The van der Waals surface area contributed by atoms with Crippen molar-refractivity contribution in [3.8, 4) is 5.75 Å². The molecule has 0 amide bonds. The quantitative estimate of drug-likeness (QED) is 0.799. The Morgan fingerprint density at radius 2 is 1.91 bits per heavy atom. The normalized spacial score (nSPS) is 17.0. The minimum absolute atomic E-state index is 0.0709. The number of nitrogens with zero attached hydrogens (tertiary/aromatic N) is 1. The first-order valence-corrected chi connectivity index (χ1v) is 8.81. The summed E-state index contributed by atoms with van der Waals surface area (Å²) in [6.45, 7) is 0.904. The van der Waals surface area contributed by atoms with Gasteiger partial charge in [-0.15, -0.1) is 0 Å². The van der Waals surface area contributed by atoms with Gasteiger partial charge in [0.1, 0.15) is 11.3 Å². The number of hydrogen-bond acceptors (Lipinski definition) is 6. The molecule has 2 rings (SSSR count). The maximum Gasteiger partial charge on any atom is 0.341 e. The number of ether oxygens (including phenoxy) is 2. The van der Waals surface area contributed by atoms with E-state index in [-0.39, 0.29) is 16.2 Å². The van der Waals surface area contributed by atoms with Gasteiger partial charge in [-0.3, -0.25) is 0 Å². The molecule has 1 saturated heterocycles. The predicted molar refractivity (Wildman–Crippen MR) is 85.2 cm³/mol. The molecule has 1 heterocycles. The molecule has 0 aromatic heterocycles. The van der Waals surface area contributed by atoms with E-state index in [4.69, 9.17) is 4.74 Å². The van der Waals surface area contributed by atoms with E-state index >= 15 is 0 Å². The highest BCUT2D eigenvalue weighted by atomic mass is 32.2. The number of piperidine rings is 1. The van der Waals surface area contributed by atoms with Crippen LogP contribution in [0.3, 0.4) is 0 Å². The Morgan fingerprint density at radius 1 is 1.26 bits per heavy atom. The molecule has 1 aliphatic rings. The number of hydrogen-bond donors (Lipinski definition) is 1. The Morgan fingerprint density at radius 3 is 2.43 bits per heavy atom. The van der Waals surface area contributed by atoms with Gasteiger partial charge in [0.25, 0.3) is 0 Å². The van der Waals surface area contributed by atoms with Gasteiger partial charge < -0.3 is 14.8 Å². The molecule has 0 saturated carbocycles. The van der Waals surface area contributed by atoms with E-state index in [0.717, 1.165) is 12.8 Å². The molecule has 0 atom stereocenters. The van der Waals surface area contributed by atoms with Crippen LogP contribution in [-0.2, 0) is 14.8 Å². The number of rotatable bonds is 5. The van der Waals surface area contributed by atoms with Crippen molar-refractivity contribution in [2.75, 3.05) is 34.4 Å². The number of nitrogens with one attached hydrogen (secondary N) is 1. The van der Waals surface area contributed by atoms with Crippen molar-refractivity contribution >= 4 is 16.0 Å². The smallest absolute Gasteiger partial charge is 0.341 e. The molecule has 128 valence electrons. The largest absolute Gasteiger partial charge is 0.496 e. The molecule has 0 radical (unpaired) electrons. The third-order valence-corrected chi connectivity index (χ3v) is 5.97. The summed E-state index contributed by atoms with van der Waals surface area (Å²) in [7, 11) is 0.892. The highest BCUT2D eigenvalue weighted by Gasteiger charge is 2.30. The van der Waals surface area contributed by atoms with Crippen molar-refractivity contribution < 1.29 is 22.7 Å². The summed E-state index contributed by atoms with van der Waals surface area (Å²) in [6, 6.07) is 4.57. The van der Waals surface area contributed by atoms with E-state index in [1.807, 2.05) is 7.05 Å². The predicted octanol–water partition coefficient (Wildman–Crippen LogP) is 0.854. The van der Waals surface area contributed by atoms with Crippen LogP contribution in [0, 0.1) is 0 Å². The van der Waals surface area contributed by atoms with Crippen molar-refractivity contribution in [1.29, 1.82) is 0 Å². The maximum atomic E-state index is 12.8. The molecule has 8 heteroatoms. The lowest BCUT2D eigenvalue weighted by Crippen LogP contribution is -2.43. The van der Waals surface area contributed by atoms with E-state index in [0.29, 0.717) is 19.1 Å². The van der Waals surface area contributed by atoms with Crippen molar-refractivity contribution in [1.82, 2.24) is 9.62 Å². The Labute approximate surface area is 136 Å². The average molecular weight is 342 g/mol. The zero-order valence-electron chi connectivity index (χ0n) is 13.5. The average Bonchev–Trinajstić information content (AvgIpc) is 2.60. The Kier molecular flexibility index (Phi) is 5.61. The fourth-order valence-electron chi connectivity index (χ4n) is 2.65. The van der Waals surface area contributed by atoms with Crippen molar-refractivity contribution in [3.63, 3.8) is 0 Å². The van der Waals surface area contributed by atoms with Gasteiger partial charge >= 0.3 is 5.97 Å². The third-order valence-electron chi connectivity index (χ3n) is 4.08. The number of esters is 1. The lowest BCUT2D eigenvalue weighted by Gasteiger charge is -2.31. The SMILES string of the molecule is CNC1CCN(S(=O)(=O)c2ccc(OC)c(C(=O)OC)c2)CC1. The molecule has 1 N–H and O–H groups in total. The van der Waals surface area contributed by atoms with Crippen LogP contribution in [0.4, 0.5) is 0 Å². The van der Waals surface area contributed by atoms with Gasteiger partial charge in [-0.25, -0.2) is 13.2 Å². The first-order valence-electron chi connectivity index (χ1n) is 7.37. The second-order valence-electron chi connectivity index (χ2n) is 5.32.